The summed E-state index contributed by atoms with van der Waals surface area (Å²) in [7, 11) is 0. The number of nitrogens with zero attached hydrogens (tertiary/aromatic N) is 2. The van der Waals surface area contributed by atoms with Crippen molar-refractivity contribution < 1.29 is 4.79 Å². The molecule has 6 heteroatoms. The molecule has 0 saturated heterocycles. The number of benzene rings is 1. The van der Waals surface area contributed by atoms with Crippen molar-refractivity contribution in [2.45, 2.75) is 44.7 Å². The number of fused-ring (bicyclic) bond motifs is 1. The molecule has 0 radical (unpaired) electrons. The van der Waals surface area contributed by atoms with Gasteiger partial charge in [-0.25, -0.2) is 9.97 Å². The Bertz CT molecular complexity index is 905. The van der Waals surface area contributed by atoms with Gasteiger partial charge in [0, 0.05) is 18.9 Å². The average Bonchev–Trinajstić information content (AvgIpc) is 3.34. The van der Waals surface area contributed by atoms with Gasteiger partial charge in [-0.05, 0) is 29.9 Å². The predicted molar refractivity (Wildman–Crippen MR) is 106 cm³/mol. The number of carbonyl (C=O) groups excluding carboxylic acids is 1. The van der Waals surface area contributed by atoms with Crippen LogP contribution < -0.4 is 10.6 Å². The highest BCUT2D eigenvalue weighted by atomic mass is 32.1. The van der Waals surface area contributed by atoms with Gasteiger partial charge in [0.2, 0.25) is 5.91 Å². The van der Waals surface area contributed by atoms with E-state index in [-0.39, 0.29) is 11.9 Å². The summed E-state index contributed by atoms with van der Waals surface area (Å²) >= 11 is 1.60. The van der Waals surface area contributed by atoms with Gasteiger partial charge in [0.25, 0.3) is 0 Å². The maximum atomic E-state index is 12.8. The number of thiophene rings is 1. The summed E-state index contributed by atoms with van der Waals surface area (Å²) in [5.74, 6) is 1.58. The van der Waals surface area contributed by atoms with Gasteiger partial charge in [-0.1, -0.05) is 37.3 Å². The standard InChI is InChI=1S/C20H22N4OS/c1-2-17-23-18(15-10-11-26-20(15)24-17)22-16(19(25)21-14-8-9-14)12-13-6-4-3-5-7-13/h3-7,10-11,14,16H,2,8-9,12H2,1H3,(H,21,25)(H,22,23,24). The molecule has 2 heterocycles. The third-order valence-electron chi connectivity index (χ3n) is 4.52. The zero-order valence-electron chi connectivity index (χ0n) is 14.7. The second-order valence-corrected chi connectivity index (χ2v) is 7.55. The van der Waals surface area contributed by atoms with E-state index in [0.29, 0.717) is 12.5 Å². The molecule has 1 saturated carbocycles. The number of aromatic nitrogens is 2. The van der Waals surface area contributed by atoms with Gasteiger partial charge in [-0.2, -0.15) is 0 Å². The second kappa shape index (κ2) is 7.41. The van der Waals surface area contributed by atoms with Crippen LogP contribution in [0.4, 0.5) is 5.82 Å². The fourth-order valence-electron chi connectivity index (χ4n) is 2.92. The lowest BCUT2D eigenvalue weighted by Crippen LogP contribution is -2.42. The first-order valence-electron chi connectivity index (χ1n) is 9.08. The molecule has 1 aliphatic carbocycles. The molecule has 0 bridgehead atoms. The Hall–Kier alpha value is -2.47. The van der Waals surface area contributed by atoms with Gasteiger partial charge in [-0.3, -0.25) is 4.79 Å². The third-order valence-corrected chi connectivity index (χ3v) is 5.33. The molecular formula is C20H22N4OS. The van der Waals surface area contributed by atoms with Crippen molar-refractivity contribution in [2.75, 3.05) is 5.32 Å². The Balaban J connectivity index is 1.63. The molecule has 1 atom stereocenters. The molecule has 2 N–H and O–H groups in total. The van der Waals surface area contributed by atoms with Crippen molar-refractivity contribution in [1.29, 1.82) is 0 Å². The molecule has 1 amide bonds. The number of anilines is 1. The van der Waals surface area contributed by atoms with Gasteiger partial charge in [0.05, 0.1) is 5.39 Å². The lowest BCUT2D eigenvalue weighted by molar-refractivity contribution is -0.122. The molecule has 134 valence electrons. The van der Waals surface area contributed by atoms with Crippen LogP contribution in [0.5, 0.6) is 0 Å². The fraction of sp³-hybridized carbons (Fsp3) is 0.350. The highest BCUT2D eigenvalue weighted by Gasteiger charge is 2.28. The van der Waals surface area contributed by atoms with Crippen molar-refractivity contribution in [2.24, 2.45) is 0 Å². The van der Waals surface area contributed by atoms with Crippen LogP contribution in [0.2, 0.25) is 0 Å². The van der Waals surface area contributed by atoms with Crippen LogP contribution in [0.1, 0.15) is 31.2 Å². The van der Waals surface area contributed by atoms with Crippen molar-refractivity contribution >= 4 is 33.3 Å². The molecule has 1 fully saturated rings. The van der Waals surface area contributed by atoms with Crippen molar-refractivity contribution in [1.82, 2.24) is 15.3 Å². The van der Waals surface area contributed by atoms with Crippen LogP contribution in [-0.4, -0.2) is 28.0 Å². The van der Waals surface area contributed by atoms with E-state index in [1.165, 1.54) is 0 Å². The lowest BCUT2D eigenvalue weighted by atomic mass is 10.0. The molecule has 3 aromatic rings. The van der Waals surface area contributed by atoms with Crippen LogP contribution in [0.3, 0.4) is 0 Å². The Morgan fingerprint density at radius 3 is 2.77 bits per heavy atom. The second-order valence-electron chi connectivity index (χ2n) is 6.65. The first-order chi connectivity index (χ1) is 12.7. The molecule has 0 aliphatic heterocycles. The number of hydrogen-bond donors (Lipinski definition) is 2. The highest BCUT2D eigenvalue weighted by molar-refractivity contribution is 7.16. The largest absolute Gasteiger partial charge is 0.357 e. The molecule has 5 nitrogen and oxygen atoms in total. The molecule has 4 rings (SSSR count). The summed E-state index contributed by atoms with van der Waals surface area (Å²) in [6.45, 7) is 2.04. The first-order valence-corrected chi connectivity index (χ1v) is 9.96. The Kier molecular flexibility index (Phi) is 4.84. The number of nitrogens with one attached hydrogen (secondary N) is 2. The van der Waals surface area contributed by atoms with Gasteiger partial charge in [0.1, 0.15) is 22.5 Å². The predicted octanol–water partition coefficient (Wildman–Crippen LogP) is 3.56. The third kappa shape index (κ3) is 3.85. The van der Waals surface area contributed by atoms with E-state index in [0.717, 1.165) is 46.7 Å². The van der Waals surface area contributed by atoms with Gasteiger partial charge >= 0.3 is 0 Å². The van der Waals surface area contributed by atoms with E-state index in [1.54, 1.807) is 11.3 Å². The maximum absolute atomic E-state index is 12.8. The number of carbonyl (C=O) groups is 1. The van der Waals surface area contributed by atoms with Gasteiger partial charge in [-0.15, -0.1) is 11.3 Å². The van der Waals surface area contributed by atoms with Gasteiger partial charge < -0.3 is 10.6 Å². The van der Waals surface area contributed by atoms with Crippen LogP contribution in [0.15, 0.2) is 41.8 Å². The molecule has 1 aliphatic rings. The van der Waals surface area contributed by atoms with Crippen LogP contribution in [0, 0.1) is 0 Å². The van der Waals surface area contributed by atoms with Crippen molar-refractivity contribution in [3.8, 4) is 0 Å². The number of hydrogen-bond acceptors (Lipinski definition) is 5. The number of rotatable bonds is 7. The van der Waals surface area contributed by atoms with E-state index in [2.05, 4.69) is 32.7 Å². The quantitative estimate of drug-likeness (QED) is 0.671. The summed E-state index contributed by atoms with van der Waals surface area (Å²) in [6.07, 6.45) is 3.54. The molecule has 1 unspecified atom stereocenters. The van der Waals surface area contributed by atoms with Gasteiger partial charge in [0.15, 0.2) is 0 Å². The lowest BCUT2D eigenvalue weighted by Gasteiger charge is -2.20. The maximum Gasteiger partial charge on any atom is 0.243 e. The smallest absolute Gasteiger partial charge is 0.243 e. The summed E-state index contributed by atoms with van der Waals surface area (Å²) in [5.41, 5.74) is 1.13. The zero-order chi connectivity index (χ0) is 17.9. The average molecular weight is 366 g/mol. The Labute approximate surface area is 156 Å². The van der Waals surface area contributed by atoms with Crippen molar-refractivity contribution in [3.05, 3.63) is 53.2 Å². The summed E-state index contributed by atoms with van der Waals surface area (Å²) in [6, 6.07) is 12.1. The normalized spacial score (nSPS) is 15.0. The van der Waals surface area contributed by atoms with E-state index in [4.69, 9.17) is 0 Å². The summed E-state index contributed by atoms with van der Waals surface area (Å²) in [5, 5.41) is 9.52. The minimum Gasteiger partial charge on any atom is -0.357 e. The highest BCUT2D eigenvalue weighted by Crippen LogP contribution is 2.26. The SMILES string of the molecule is CCc1nc(NC(Cc2ccccc2)C(=O)NC2CC2)c2ccsc2n1. The zero-order valence-corrected chi connectivity index (χ0v) is 15.6. The van der Waals surface area contributed by atoms with E-state index in [1.807, 2.05) is 36.6 Å². The molecule has 0 spiro atoms. The summed E-state index contributed by atoms with van der Waals surface area (Å²) in [4.78, 5) is 23.0. The molecule has 2 aromatic heterocycles. The van der Waals surface area contributed by atoms with E-state index in [9.17, 15) is 4.79 Å². The number of aryl methyl sites for hydroxylation is 1. The van der Waals surface area contributed by atoms with Crippen molar-refractivity contribution in [3.63, 3.8) is 0 Å². The minimum absolute atomic E-state index is 0.0383. The number of amides is 1. The molecular weight excluding hydrogens is 344 g/mol. The van der Waals surface area contributed by atoms with Crippen LogP contribution in [-0.2, 0) is 17.6 Å². The topological polar surface area (TPSA) is 66.9 Å². The van der Waals surface area contributed by atoms with Crippen LogP contribution in [0.25, 0.3) is 10.2 Å². The molecule has 1 aromatic carbocycles. The Morgan fingerprint density at radius 1 is 1.23 bits per heavy atom. The van der Waals surface area contributed by atoms with Crippen LogP contribution >= 0.6 is 11.3 Å². The minimum atomic E-state index is -0.360. The fourth-order valence-corrected chi connectivity index (χ4v) is 3.70. The molecule has 26 heavy (non-hydrogen) atoms. The summed E-state index contributed by atoms with van der Waals surface area (Å²) < 4.78 is 0. The first kappa shape index (κ1) is 17.0. The Morgan fingerprint density at radius 2 is 2.04 bits per heavy atom. The van der Waals surface area contributed by atoms with E-state index >= 15 is 0 Å². The monoisotopic (exact) mass is 366 g/mol. The van der Waals surface area contributed by atoms with E-state index < -0.39 is 0 Å².